The summed E-state index contributed by atoms with van der Waals surface area (Å²) >= 11 is 6.09. The summed E-state index contributed by atoms with van der Waals surface area (Å²) in [6.45, 7) is 0.748. The van der Waals surface area contributed by atoms with Crippen LogP contribution in [0.1, 0.15) is 35.0 Å². The lowest BCUT2D eigenvalue weighted by molar-refractivity contribution is 0.0593. The molecular weight excluding hydrogens is 302 g/mol. The minimum Gasteiger partial charge on any atom is -0.464 e. The highest BCUT2D eigenvalue weighted by Crippen LogP contribution is 2.35. The number of ether oxygens (including phenoxy) is 2. The normalized spacial score (nSPS) is 17.5. The van der Waals surface area contributed by atoms with E-state index in [1.54, 1.807) is 12.1 Å². The maximum atomic E-state index is 11.8. The number of nitrogens with zero attached hydrogens (tertiary/aromatic N) is 1. The maximum absolute atomic E-state index is 11.8. The molecule has 22 heavy (non-hydrogen) atoms. The number of hydrogen-bond acceptors (Lipinski definition) is 4. The monoisotopic (exact) mass is 317 g/mol. The van der Waals surface area contributed by atoms with Gasteiger partial charge in [-0.05, 0) is 31.0 Å². The highest BCUT2D eigenvalue weighted by molar-refractivity contribution is 6.30. The number of hydrogen-bond donors (Lipinski definition) is 0. The maximum Gasteiger partial charge on any atom is 0.356 e. The number of carbonyl (C=O) groups excluding carboxylic acids is 1. The van der Waals surface area contributed by atoms with Crippen molar-refractivity contribution in [2.24, 2.45) is 0 Å². The molecule has 1 aromatic heterocycles. The fourth-order valence-electron chi connectivity index (χ4n) is 2.64. The van der Waals surface area contributed by atoms with Gasteiger partial charge in [0.2, 0.25) is 0 Å². The second-order valence-corrected chi connectivity index (χ2v) is 5.57. The summed E-state index contributed by atoms with van der Waals surface area (Å²) < 4.78 is 10.5. The van der Waals surface area contributed by atoms with Gasteiger partial charge >= 0.3 is 5.97 Å². The average Bonchev–Trinajstić information content (AvgIpc) is 3.08. The van der Waals surface area contributed by atoms with E-state index in [4.69, 9.17) is 21.1 Å². The summed E-state index contributed by atoms with van der Waals surface area (Å²) in [6, 6.07) is 11.0. The minimum atomic E-state index is -0.456. The van der Waals surface area contributed by atoms with Crippen molar-refractivity contribution >= 4 is 17.6 Å². The molecule has 0 N–H and O–H groups in total. The SMILES string of the molecule is COC(=O)c1ccc(C2CCCO2)c(-c2cccc(Cl)c2)n1. The van der Waals surface area contributed by atoms with E-state index in [2.05, 4.69) is 4.98 Å². The highest BCUT2D eigenvalue weighted by Gasteiger charge is 2.23. The number of carbonyl (C=O) groups is 1. The minimum absolute atomic E-state index is 0.00757. The van der Waals surface area contributed by atoms with Crippen LogP contribution in [0, 0.1) is 0 Å². The molecular formula is C17H16ClNO3. The van der Waals surface area contributed by atoms with Crippen LogP contribution in [0.5, 0.6) is 0 Å². The molecule has 3 rings (SSSR count). The molecule has 1 unspecified atom stereocenters. The number of halogens is 1. The number of rotatable bonds is 3. The van der Waals surface area contributed by atoms with Crippen LogP contribution in [0.15, 0.2) is 36.4 Å². The Bertz CT molecular complexity index is 696. The van der Waals surface area contributed by atoms with Gasteiger partial charge in [0.1, 0.15) is 5.69 Å². The van der Waals surface area contributed by atoms with Crippen LogP contribution in [-0.4, -0.2) is 24.7 Å². The first-order valence-electron chi connectivity index (χ1n) is 7.16. The highest BCUT2D eigenvalue weighted by atomic mass is 35.5. The Balaban J connectivity index is 2.11. The van der Waals surface area contributed by atoms with Crippen molar-refractivity contribution in [2.45, 2.75) is 18.9 Å². The predicted octanol–water partition coefficient (Wildman–Crippen LogP) is 4.04. The van der Waals surface area contributed by atoms with Crippen molar-refractivity contribution in [3.63, 3.8) is 0 Å². The summed E-state index contributed by atoms with van der Waals surface area (Å²) in [6.07, 6.45) is 1.98. The van der Waals surface area contributed by atoms with Crippen molar-refractivity contribution < 1.29 is 14.3 Å². The molecule has 0 saturated carbocycles. The third-order valence-corrected chi connectivity index (χ3v) is 3.93. The molecule has 0 amide bonds. The Morgan fingerprint density at radius 1 is 1.36 bits per heavy atom. The van der Waals surface area contributed by atoms with Gasteiger partial charge in [-0.25, -0.2) is 9.78 Å². The van der Waals surface area contributed by atoms with Gasteiger partial charge in [-0.15, -0.1) is 0 Å². The van der Waals surface area contributed by atoms with E-state index in [0.717, 1.165) is 36.3 Å². The Kier molecular flexibility index (Phi) is 4.41. The number of esters is 1. The van der Waals surface area contributed by atoms with Crippen LogP contribution in [0.4, 0.5) is 0 Å². The zero-order valence-electron chi connectivity index (χ0n) is 12.2. The fraction of sp³-hybridized carbons (Fsp3) is 0.294. The van der Waals surface area contributed by atoms with Crippen LogP contribution in [0.3, 0.4) is 0 Å². The van der Waals surface area contributed by atoms with E-state index < -0.39 is 5.97 Å². The van der Waals surface area contributed by atoms with Crippen molar-refractivity contribution in [1.82, 2.24) is 4.98 Å². The molecule has 0 radical (unpaired) electrons. The molecule has 2 aromatic rings. The van der Waals surface area contributed by atoms with Gasteiger partial charge < -0.3 is 9.47 Å². The first-order chi connectivity index (χ1) is 10.7. The summed E-state index contributed by atoms with van der Waals surface area (Å²) in [4.78, 5) is 16.2. The lowest BCUT2D eigenvalue weighted by Gasteiger charge is -2.15. The quantitative estimate of drug-likeness (QED) is 0.802. The smallest absolute Gasteiger partial charge is 0.356 e. The van der Waals surface area contributed by atoms with Gasteiger partial charge in [-0.2, -0.15) is 0 Å². The van der Waals surface area contributed by atoms with E-state index in [1.807, 2.05) is 24.3 Å². The van der Waals surface area contributed by atoms with Crippen LogP contribution in [0.25, 0.3) is 11.3 Å². The zero-order valence-corrected chi connectivity index (χ0v) is 13.0. The Morgan fingerprint density at radius 2 is 2.23 bits per heavy atom. The standard InChI is InChI=1S/C17H16ClNO3/c1-21-17(20)14-8-7-13(15-6-3-9-22-15)16(19-14)11-4-2-5-12(18)10-11/h2,4-5,7-8,10,15H,3,6,9H2,1H3. The molecule has 1 fully saturated rings. The van der Waals surface area contributed by atoms with Crippen molar-refractivity contribution in [3.05, 3.63) is 52.7 Å². The molecule has 1 aromatic carbocycles. The average molecular weight is 318 g/mol. The number of methoxy groups -OCH3 is 1. The molecule has 0 aliphatic carbocycles. The molecule has 1 aliphatic rings. The lowest BCUT2D eigenvalue weighted by atomic mass is 9.99. The van der Waals surface area contributed by atoms with E-state index >= 15 is 0 Å². The summed E-state index contributed by atoms with van der Waals surface area (Å²) in [5.74, 6) is -0.456. The third kappa shape index (κ3) is 2.98. The van der Waals surface area contributed by atoms with Crippen LogP contribution in [0.2, 0.25) is 5.02 Å². The van der Waals surface area contributed by atoms with Gasteiger partial charge in [-0.1, -0.05) is 29.8 Å². The van der Waals surface area contributed by atoms with E-state index in [9.17, 15) is 4.79 Å². The molecule has 1 saturated heterocycles. The zero-order chi connectivity index (χ0) is 15.5. The number of aromatic nitrogens is 1. The van der Waals surface area contributed by atoms with Gasteiger partial charge in [-0.3, -0.25) is 0 Å². The van der Waals surface area contributed by atoms with Crippen LogP contribution in [-0.2, 0) is 9.47 Å². The molecule has 2 heterocycles. The van der Waals surface area contributed by atoms with E-state index in [-0.39, 0.29) is 11.8 Å². The Labute approximate surface area is 134 Å². The number of pyridine rings is 1. The molecule has 0 spiro atoms. The fourth-order valence-corrected chi connectivity index (χ4v) is 2.83. The summed E-state index contributed by atoms with van der Waals surface area (Å²) in [5.41, 5.74) is 2.84. The predicted molar refractivity (Wildman–Crippen MR) is 83.9 cm³/mol. The molecule has 5 heteroatoms. The second-order valence-electron chi connectivity index (χ2n) is 5.14. The van der Waals surface area contributed by atoms with Crippen molar-refractivity contribution in [3.8, 4) is 11.3 Å². The molecule has 1 atom stereocenters. The van der Waals surface area contributed by atoms with Gasteiger partial charge in [0.25, 0.3) is 0 Å². The topological polar surface area (TPSA) is 48.4 Å². The number of benzene rings is 1. The van der Waals surface area contributed by atoms with Gasteiger partial charge in [0.15, 0.2) is 0 Å². The van der Waals surface area contributed by atoms with E-state index in [0.29, 0.717) is 5.02 Å². The summed E-state index contributed by atoms with van der Waals surface area (Å²) in [7, 11) is 1.34. The van der Waals surface area contributed by atoms with Crippen LogP contribution < -0.4 is 0 Å². The van der Waals surface area contributed by atoms with Gasteiger partial charge in [0, 0.05) is 22.8 Å². The summed E-state index contributed by atoms with van der Waals surface area (Å²) in [5, 5.41) is 0.626. The molecule has 4 nitrogen and oxygen atoms in total. The molecule has 114 valence electrons. The first-order valence-corrected chi connectivity index (χ1v) is 7.53. The Morgan fingerprint density at radius 3 is 2.91 bits per heavy atom. The largest absolute Gasteiger partial charge is 0.464 e. The van der Waals surface area contributed by atoms with E-state index in [1.165, 1.54) is 7.11 Å². The second kappa shape index (κ2) is 6.46. The van der Waals surface area contributed by atoms with Crippen LogP contribution >= 0.6 is 11.6 Å². The molecule has 0 bridgehead atoms. The van der Waals surface area contributed by atoms with Gasteiger partial charge in [0.05, 0.1) is 18.9 Å². The first kappa shape index (κ1) is 15.0. The lowest BCUT2D eigenvalue weighted by Crippen LogP contribution is -2.08. The molecule has 1 aliphatic heterocycles. The third-order valence-electron chi connectivity index (χ3n) is 3.70. The Hall–Kier alpha value is -1.91. The van der Waals surface area contributed by atoms with Crippen molar-refractivity contribution in [1.29, 1.82) is 0 Å². The van der Waals surface area contributed by atoms with Crippen molar-refractivity contribution in [2.75, 3.05) is 13.7 Å².